The summed E-state index contributed by atoms with van der Waals surface area (Å²) in [5, 5.41) is 15.4. The predicted molar refractivity (Wildman–Crippen MR) is 151 cm³/mol. The molecule has 0 aliphatic heterocycles. The zero-order chi connectivity index (χ0) is 25.8. The van der Waals surface area contributed by atoms with Crippen LogP contribution in [0.25, 0.3) is 16.5 Å². The first-order valence-corrected chi connectivity index (χ1v) is 13.4. The average molecular weight is 507 g/mol. The molecule has 6 heteroatoms. The van der Waals surface area contributed by atoms with Gasteiger partial charge in [0.1, 0.15) is 5.82 Å². The molecule has 186 valence electrons. The van der Waals surface area contributed by atoms with Gasteiger partial charge in [-0.15, -0.1) is 10.2 Å². The summed E-state index contributed by atoms with van der Waals surface area (Å²) in [7, 11) is 0. The Morgan fingerprint density at radius 2 is 1.68 bits per heavy atom. The van der Waals surface area contributed by atoms with Gasteiger partial charge in [-0.3, -0.25) is 9.36 Å². The number of carbonyl (C=O) groups excluding carboxylic acids is 1. The van der Waals surface area contributed by atoms with E-state index in [1.165, 1.54) is 33.7 Å². The van der Waals surface area contributed by atoms with Crippen LogP contribution < -0.4 is 5.32 Å². The summed E-state index contributed by atoms with van der Waals surface area (Å²) in [6.45, 7) is 6.19. The Kier molecular flexibility index (Phi) is 7.37. The minimum Gasteiger partial charge on any atom is -0.349 e. The lowest BCUT2D eigenvalue weighted by atomic mass is 10.0. The number of fused-ring (bicyclic) bond motifs is 1. The van der Waals surface area contributed by atoms with Crippen molar-refractivity contribution in [1.29, 1.82) is 0 Å². The quantitative estimate of drug-likeness (QED) is 0.241. The third-order valence-corrected chi connectivity index (χ3v) is 7.46. The fraction of sp³-hybridized carbons (Fsp3) is 0.194. The van der Waals surface area contributed by atoms with Gasteiger partial charge in [-0.05, 0) is 54.3 Å². The molecule has 0 spiro atoms. The van der Waals surface area contributed by atoms with Gasteiger partial charge in [-0.25, -0.2) is 0 Å². The van der Waals surface area contributed by atoms with E-state index < -0.39 is 0 Å². The van der Waals surface area contributed by atoms with Crippen molar-refractivity contribution in [2.24, 2.45) is 0 Å². The molecule has 0 aliphatic rings. The van der Waals surface area contributed by atoms with E-state index in [1.54, 1.807) is 0 Å². The SMILES string of the molecule is Cc1ccc(-n2c(Cc3cccc4ccccc34)nnc2SCC(=O)N[C@@H](C)c2ccccc2)c(C)c1. The molecular weight excluding hydrogens is 476 g/mol. The fourth-order valence-corrected chi connectivity index (χ4v) is 5.44. The van der Waals surface area contributed by atoms with Crippen molar-refractivity contribution in [3.05, 3.63) is 119 Å². The molecule has 1 N–H and O–H groups in total. The number of benzene rings is 4. The zero-order valence-electron chi connectivity index (χ0n) is 21.3. The van der Waals surface area contributed by atoms with E-state index in [0.717, 1.165) is 22.6 Å². The molecule has 0 saturated carbocycles. The van der Waals surface area contributed by atoms with Gasteiger partial charge >= 0.3 is 0 Å². The molecule has 0 saturated heterocycles. The molecule has 1 atom stereocenters. The van der Waals surface area contributed by atoms with Gasteiger partial charge in [0.05, 0.1) is 17.5 Å². The second-order valence-corrected chi connectivity index (χ2v) is 10.3. The Bertz CT molecular complexity index is 1540. The third-order valence-electron chi connectivity index (χ3n) is 6.53. The predicted octanol–water partition coefficient (Wildman–Crippen LogP) is 6.60. The Labute approximate surface area is 222 Å². The average Bonchev–Trinajstić information content (AvgIpc) is 3.30. The molecule has 4 aromatic carbocycles. The third kappa shape index (κ3) is 5.59. The minimum absolute atomic E-state index is 0.0351. The smallest absolute Gasteiger partial charge is 0.230 e. The Balaban J connectivity index is 1.43. The lowest BCUT2D eigenvalue weighted by Crippen LogP contribution is -2.28. The number of hydrogen-bond donors (Lipinski definition) is 1. The number of amides is 1. The maximum Gasteiger partial charge on any atom is 0.230 e. The van der Waals surface area contributed by atoms with Crippen LogP contribution >= 0.6 is 11.8 Å². The number of aromatic nitrogens is 3. The lowest BCUT2D eigenvalue weighted by Gasteiger charge is -2.15. The van der Waals surface area contributed by atoms with Crippen molar-refractivity contribution in [3.63, 3.8) is 0 Å². The normalized spacial score (nSPS) is 12.0. The monoisotopic (exact) mass is 506 g/mol. The summed E-state index contributed by atoms with van der Waals surface area (Å²) in [6, 6.07) is 31.1. The highest BCUT2D eigenvalue weighted by atomic mass is 32.2. The molecule has 1 aromatic heterocycles. The number of carbonyl (C=O) groups is 1. The van der Waals surface area contributed by atoms with Crippen LogP contribution in [0.1, 0.15) is 41.0 Å². The summed E-state index contributed by atoms with van der Waals surface area (Å²) in [5.74, 6) is 1.07. The molecule has 0 unspecified atom stereocenters. The van der Waals surface area contributed by atoms with Gasteiger partial charge in [0, 0.05) is 6.42 Å². The molecule has 5 rings (SSSR count). The number of thioether (sulfide) groups is 1. The topological polar surface area (TPSA) is 59.8 Å². The highest BCUT2D eigenvalue weighted by molar-refractivity contribution is 7.99. The van der Waals surface area contributed by atoms with Crippen LogP contribution in [-0.4, -0.2) is 26.4 Å². The van der Waals surface area contributed by atoms with Gasteiger partial charge in [-0.1, -0.05) is 102 Å². The van der Waals surface area contributed by atoms with E-state index in [9.17, 15) is 4.79 Å². The van der Waals surface area contributed by atoms with Crippen LogP contribution in [0.2, 0.25) is 0 Å². The maximum absolute atomic E-state index is 12.8. The van der Waals surface area contributed by atoms with E-state index in [0.29, 0.717) is 11.6 Å². The van der Waals surface area contributed by atoms with E-state index >= 15 is 0 Å². The Morgan fingerprint density at radius 1 is 0.919 bits per heavy atom. The first-order valence-electron chi connectivity index (χ1n) is 12.5. The van der Waals surface area contributed by atoms with Gasteiger partial charge in [0.2, 0.25) is 5.91 Å². The minimum atomic E-state index is -0.0616. The van der Waals surface area contributed by atoms with Gasteiger partial charge in [0.25, 0.3) is 0 Å². The van der Waals surface area contributed by atoms with Crippen molar-refractivity contribution in [2.45, 2.75) is 38.4 Å². The second kappa shape index (κ2) is 11.0. The number of hydrogen-bond acceptors (Lipinski definition) is 4. The van der Waals surface area contributed by atoms with Gasteiger partial charge < -0.3 is 5.32 Å². The molecule has 0 fully saturated rings. The summed E-state index contributed by atoms with van der Waals surface area (Å²) in [4.78, 5) is 12.8. The van der Waals surface area contributed by atoms with E-state index in [2.05, 4.69) is 94.6 Å². The van der Waals surface area contributed by atoms with Crippen LogP contribution in [0.4, 0.5) is 0 Å². The number of nitrogens with zero attached hydrogens (tertiary/aromatic N) is 3. The summed E-state index contributed by atoms with van der Waals surface area (Å²) in [5.41, 5.74) is 5.65. The molecule has 5 nitrogen and oxygen atoms in total. The zero-order valence-corrected chi connectivity index (χ0v) is 22.1. The Morgan fingerprint density at radius 3 is 2.49 bits per heavy atom. The molecule has 0 bridgehead atoms. The lowest BCUT2D eigenvalue weighted by molar-refractivity contribution is -0.119. The summed E-state index contributed by atoms with van der Waals surface area (Å²) >= 11 is 1.41. The maximum atomic E-state index is 12.8. The van der Waals surface area contributed by atoms with E-state index in [-0.39, 0.29) is 17.7 Å². The number of aryl methyl sites for hydroxylation is 2. The van der Waals surface area contributed by atoms with Crippen molar-refractivity contribution >= 4 is 28.4 Å². The molecule has 5 aromatic rings. The highest BCUT2D eigenvalue weighted by Crippen LogP contribution is 2.28. The van der Waals surface area contributed by atoms with Crippen LogP contribution in [-0.2, 0) is 11.2 Å². The van der Waals surface area contributed by atoms with Crippen molar-refractivity contribution < 1.29 is 4.79 Å². The van der Waals surface area contributed by atoms with Crippen molar-refractivity contribution in [3.8, 4) is 5.69 Å². The molecule has 1 amide bonds. The first kappa shape index (κ1) is 24.8. The van der Waals surface area contributed by atoms with Crippen molar-refractivity contribution in [1.82, 2.24) is 20.1 Å². The number of nitrogens with one attached hydrogen (secondary N) is 1. The molecule has 0 aliphatic carbocycles. The number of rotatable bonds is 8. The van der Waals surface area contributed by atoms with E-state index in [4.69, 9.17) is 0 Å². The van der Waals surface area contributed by atoms with Gasteiger partial charge in [0.15, 0.2) is 5.16 Å². The molecular formula is C31H30N4OS. The first-order chi connectivity index (χ1) is 18.0. The van der Waals surface area contributed by atoms with Crippen LogP contribution in [0.3, 0.4) is 0 Å². The van der Waals surface area contributed by atoms with E-state index in [1.807, 2.05) is 37.3 Å². The van der Waals surface area contributed by atoms with Crippen LogP contribution in [0.15, 0.2) is 96.2 Å². The van der Waals surface area contributed by atoms with Gasteiger partial charge in [-0.2, -0.15) is 0 Å². The largest absolute Gasteiger partial charge is 0.349 e. The highest BCUT2D eigenvalue weighted by Gasteiger charge is 2.19. The molecule has 0 radical (unpaired) electrons. The van der Waals surface area contributed by atoms with Crippen LogP contribution in [0.5, 0.6) is 0 Å². The molecule has 1 heterocycles. The Hall–Kier alpha value is -3.90. The second-order valence-electron chi connectivity index (χ2n) is 9.33. The molecule has 37 heavy (non-hydrogen) atoms. The van der Waals surface area contributed by atoms with Crippen LogP contribution in [0, 0.1) is 13.8 Å². The fourth-order valence-electron chi connectivity index (χ4n) is 4.66. The summed E-state index contributed by atoms with van der Waals surface area (Å²) < 4.78 is 2.11. The standard InChI is InChI=1S/C31H30N4OS/c1-21-16-17-28(22(2)18-21)35-29(19-26-14-9-13-25-12-7-8-15-27(25)26)33-34-31(35)37-20-30(36)32-23(3)24-10-5-4-6-11-24/h4-18,23H,19-20H2,1-3H3,(H,32,36)/t23-/m0/s1. The van der Waals surface area contributed by atoms with Crippen molar-refractivity contribution in [2.75, 3.05) is 5.75 Å². The summed E-state index contributed by atoms with van der Waals surface area (Å²) in [6.07, 6.45) is 0.638.